The van der Waals surface area contributed by atoms with E-state index in [0.29, 0.717) is 0 Å². The van der Waals surface area contributed by atoms with Gasteiger partial charge >= 0.3 is 24.8 Å². The molecule has 0 bridgehead atoms. The molecule has 0 aromatic rings. The van der Waals surface area contributed by atoms with Gasteiger partial charge in [0.1, 0.15) is 0 Å². The fourth-order valence-electron chi connectivity index (χ4n) is 1.40. The van der Waals surface area contributed by atoms with E-state index in [-0.39, 0.29) is 0 Å². The Morgan fingerprint density at radius 1 is 0.812 bits per heavy atom. The van der Waals surface area contributed by atoms with Gasteiger partial charge < -0.3 is 12.3 Å². The molecule has 0 aliphatic rings. The highest BCUT2D eigenvalue weighted by molar-refractivity contribution is 7.32. The molecule has 0 saturated carbocycles. The Morgan fingerprint density at radius 2 is 1.25 bits per heavy atom. The topological polar surface area (TPSA) is 27.7 Å². The van der Waals surface area contributed by atoms with E-state index in [1.807, 2.05) is 39.3 Å². The van der Waals surface area contributed by atoms with Crippen molar-refractivity contribution in [3.05, 3.63) is 0 Å². The normalized spacial score (nSPS) is 14.6. The SMILES string of the molecule is C[Si](C)(Cl)O[Si](C)(C)O[Si](C)(C)O[Si](Cl)Cl. The van der Waals surface area contributed by atoms with Gasteiger partial charge in [0.2, 0.25) is 0 Å². The highest BCUT2D eigenvalue weighted by Gasteiger charge is 2.41. The zero-order chi connectivity index (χ0) is 13.2. The third kappa shape index (κ3) is 9.63. The predicted molar refractivity (Wildman–Crippen MR) is 79.0 cm³/mol. The molecule has 0 aromatic heterocycles. The highest BCUT2D eigenvalue weighted by Crippen LogP contribution is 2.23. The van der Waals surface area contributed by atoms with Crippen LogP contribution in [-0.2, 0) is 12.3 Å². The average Bonchev–Trinajstić information content (AvgIpc) is 1.69. The number of hydrogen-bond acceptors (Lipinski definition) is 3. The second kappa shape index (κ2) is 6.18. The van der Waals surface area contributed by atoms with Crippen molar-refractivity contribution in [2.45, 2.75) is 39.3 Å². The van der Waals surface area contributed by atoms with Crippen LogP contribution < -0.4 is 0 Å². The van der Waals surface area contributed by atoms with Gasteiger partial charge in [-0.3, -0.25) is 0 Å². The molecule has 0 saturated heterocycles. The zero-order valence-electron chi connectivity index (χ0n) is 10.4. The Balaban J connectivity index is 4.45. The summed E-state index contributed by atoms with van der Waals surface area (Å²) < 4.78 is 17.3. The molecule has 0 rings (SSSR count). The van der Waals surface area contributed by atoms with E-state index in [1.165, 1.54) is 0 Å². The van der Waals surface area contributed by atoms with Crippen molar-refractivity contribution in [2.24, 2.45) is 0 Å². The summed E-state index contributed by atoms with van der Waals surface area (Å²) in [4.78, 5) is 0. The molecule has 0 aromatic carbocycles. The predicted octanol–water partition coefficient (Wildman–Crippen LogP) is 3.84. The summed E-state index contributed by atoms with van der Waals surface area (Å²) in [6.45, 7) is 11.6. The minimum atomic E-state index is -2.32. The van der Waals surface area contributed by atoms with Crippen LogP contribution >= 0.6 is 33.2 Å². The summed E-state index contributed by atoms with van der Waals surface area (Å²) in [5, 5.41) is 0. The van der Waals surface area contributed by atoms with E-state index < -0.39 is 32.4 Å². The lowest BCUT2D eigenvalue weighted by Gasteiger charge is -2.35. The maximum Gasteiger partial charge on any atom is 0.429 e. The first-order valence-electron chi connectivity index (χ1n) is 4.79. The summed E-state index contributed by atoms with van der Waals surface area (Å²) in [5.74, 6) is 0. The monoisotopic (exact) mass is 355 g/mol. The van der Waals surface area contributed by atoms with Crippen LogP contribution in [0.3, 0.4) is 0 Å². The molecule has 10 heteroatoms. The third-order valence-electron chi connectivity index (χ3n) is 1.30. The van der Waals surface area contributed by atoms with Gasteiger partial charge in [0.05, 0.1) is 0 Å². The van der Waals surface area contributed by atoms with E-state index >= 15 is 0 Å². The Hall–Kier alpha value is 1.62. The molecule has 0 heterocycles. The van der Waals surface area contributed by atoms with Crippen LogP contribution in [0.5, 0.6) is 0 Å². The molecule has 0 fully saturated rings. The third-order valence-corrected chi connectivity index (χ3v) is 13.8. The molecular weight excluding hydrogens is 339 g/mol. The fraction of sp³-hybridized carbons (Fsp3) is 1.00. The number of hydrogen-bond donors (Lipinski definition) is 0. The molecule has 97 valence electrons. The summed E-state index contributed by atoms with van der Waals surface area (Å²) >= 11 is 17.5. The van der Waals surface area contributed by atoms with Crippen LogP contribution in [-0.4, -0.2) is 32.4 Å². The summed E-state index contributed by atoms with van der Waals surface area (Å²) in [7, 11) is -8.49. The van der Waals surface area contributed by atoms with Crippen LogP contribution in [0.4, 0.5) is 0 Å². The maximum atomic E-state index is 6.15. The minimum absolute atomic E-state index is 1.78. The van der Waals surface area contributed by atoms with Crippen molar-refractivity contribution in [3.63, 3.8) is 0 Å². The molecule has 0 aliphatic carbocycles. The minimum Gasteiger partial charge on any atom is -0.425 e. The standard InChI is InChI=1S/C6H18Cl3O3Si4/c1-14(2,9)11-16(5,6)12-15(3,4)10-13(7)8/h1-6H3. The van der Waals surface area contributed by atoms with Gasteiger partial charge in [0.25, 0.3) is 7.63 Å². The van der Waals surface area contributed by atoms with Crippen LogP contribution in [0.1, 0.15) is 0 Å². The number of rotatable bonds is 6. The maximum absolute atomic E-state index is 6.15. The van der Waals surface area contributed by atoms with E-state index in [2.05, 4.69) is 0 Å². The van der Waals surface area contributed by atoms with E-state index in [0.717, 1.165) is 0 Å². The van der Waals surface area contributed by atoms with E-state index in [1.54, 1.807) is 0 Å². The summed E-state index contributed by atoms with van der Waals surface area (Å²) in [6.07, 6.45) is 0. The molecule has 0 aliphatic heterocycles. The Kier molecular flexibility index (Phi) is 6.80. The quantitative estimate of drug-likeness (QED) is 0.534. The number of halogens is 3. The molecule has 1 radical (unpaired) electrons. The lowest BCUT2D eigenvalue weighted by molar-refractivity contribution is 0.342. The lowest BCUT2D eigenvalue weighted by Crippen LogP contribution is -2.52. The smallest absolute Gasteiger partial charge is 0.425 e. The van der Waals surface area contributed by atoms with Crippen LogP contribution in [0.25, 0.3) is 0 Å². The highest BCUT2D eigenvalue weighted by atomic mass is 35.7. The van der Waals surface area contributed by atoms with E-state index in [9.17, 15) is 0 Å². The second-order valence-electron chi connectivity index (χ2n) is 4.69. The van der Waals surface area contributed by atoms with Crippen molar-refractivity contribution in [2.75, 3.05) is 0 Å². The average molecular weight is 357 g/mol. The fourth-order valence-corrected chi connectivity index (χ4v) is 18.4. The van der Waals surface area contributed by atoms with Gasteiger partial charge in [-0.15, -0.1) is 33.2 Å². The first-order chi connectivity index (χ1) is 6.83. The van der Waals surface area contributed by atoms with Crippen LogP contribution in [0.2, 0.25) is 39.3 Å². The van der Waals surface area contributed by atoms with Crippen molar-refractivity contribution in [1.29, 1.82) is 0 Å². The molecule has 0 amide bonds. The lowest BCUT2D eigenvalue weighted by atomic mass is 11.9. The zero-order valence-corrected chi connectivity index (χ0v) is 16.6. The van der Waals surface area contributed by atoms with Gasteiger partial charge in [0, 0.05) is 0 Å². The molecule has 0 atom stereocenters. The first kappa shape index (κ1) is 17.6. The Labute approximate surface area is 117 Å². The van der Waals surface area contributed by atoms with Gasteiger partial charge in [-0.05, 0) is 39.3 Å². The Bertz CT molecular complexity index is 232. The van der Waals surface area contributed by atoms with Gasteiger partial charge in [0.15, 0.2) is 0 Å². The second-order valence-corrected chi connectivity index (χ2v) is 21.3. The first-order valence-corrected chi connectivity index (χ1v) is 17.8. The Morgan fingerprint density at radius 3 is 1.56 bits per heavy atom. The van der Waals surface area contributed by atoms with Crippen molar-refractivity contribution < 1.29 is 12.3 Å². The van der Waals surface area contributed by atoms with Crippen LogP contribution in [0.15, 0.2) is 0 Å². The van der Waals surface area contributed by atoms with Crippen LogP contribution in [0, 0.1) is 0 Å². The van der Waals surface area contributed by atoms with Gasteiger partial charge in [-0.2, -0.15) is 0 Å². The van der Waals surface area contributed by atoms with E-state index in [4.69, 9.17) is 45.6 Å². The van der Waals surface area contributed by atoms with Crippen molar-refractivity contribution >= 4 is 65.6 Å². The largest absolute Gasteiger partial charge is 0.429 e. The summed E-state index contributed by atoms with van der Waals surface area (Å²) in [6, 6.07) is 0. The molecule has 0 spiro atoms. The van der Waals surface area contributed by atoms with Crippen molar-refractivity contribution in [1.82, 2.24) is 0 Å². The summed E-state index contributed by atoms with van der Waals surface area (Å²) in [5.41, 5.74) is 0. The van der Waals surface area contributed by atoms with Crippen molar-refractivity contribution in [3.8, 4) is 0 Å². The molecule has 3 nitrogen and oxygen atoms in total. The molecule has 0 unspecified atom stereocenters. The molecule has 16 heavy (non-hydrogen) atoms. The van der Waals surface area contributed by atoms with Gasteiger partial charge in [-0.25, -0.2) is 0 Å². The molecular formula is C6H18Cl3O3Si4. The van der Waals surface area contributed by atoms with Gasteiger partial charge in [-0.1, -0.05) is 0 Å². The molecule has 0 N–H and O–H groups in total.